The van der Waals surface area contributed by atoms with E-state index in [9.17, 15) is 14.4 Å². The topological polar surface area (TPSA) is 91.9 Å². The van der Waals surface area contributed by atoms with Crippen LogP contribution in [0.25, 0.3) is 0 Å². The average Bonchev–Trinajstić information content (AvgIpc) is 2.52. The first-order valence-corrected chi connectivity index (χ1v) is 3.71. The van der Waals surface area contributed by atoms with E-state index in [1.807, 2.05) is 5.32 Å². The molecular weight excluding hydrogens is 186 g/mol. The molecule has 1 aromatic rings. The van der Waals surface area contributed by atoms with Crippen molar-refractivity contribution >= 4 is 11.8 Å². The van der Waals surface area contributed by atoms with Gasteiger partial charge < -0.3 is 4.98 Å². The third kappa shape index (κ3) is 3.44. The number of aromatic nitrogens is 2. The van der Waals surface area contributed by atoms with Gasteiger partial charge in [-0.2, -0.15) is 0 Å². The zero-order valence-electron chi connectivity index (χ0n) is 7.06. The molecule has 2 heterocycles. The Morgan fingerprint density at radius 3 is 1.93 bits per heavy atom. The van der Waals surface area contributed by atoms with Crippen LogP contribution in [-0.4, -0.2) is 21.8 Å². The first-order chi connectivity index (χ1) is 6.68. The lowest BCUT2D eigenvalue weighted by Crippen LogP contribution is -2.19. The fraction of sp³-hybridized carbons (Fsp3) is 0. The van der Waals surface area contributed by atoms with Gasteiger partial charge in [0.05, 0.1) is 0 Å². The molecule has 0 saturated heterocycles. The molecule has 14 heavy (non-hydrogen) atoms. The third-order valence-corrected chi connectivity index (χ3v) is 1.21. The number of amides is 2. The number of H-pyrrole nitrogens is 1. The van der Waals surface area contributed by atoms with Crippen molar-refractivity contribution in [1.82, 2.24) is 15.3 Å². The Morgan fingerprint density at radius 1 is 1.07 bits per heavy atom. The number of nitrogens with zero attached hydrogens (tertiary/aromatic N) is 1. The van der Waals surface area contributed by atoms with Gasteiger partial charge in [-0.1, -0.05) is 0 Å². The number of carbonyl (C=O) groups excluding carboxylic acids is 2. The molecule has 1 aliphatic heterocycles. The summed E-state index contributed by atoms with van der Waals surface area (Å²) in [5.74, 6) is -0.657. The van der Waals surface area contributed by atoms with Crippen LogP contribution in [0.5, 0.6) is 0 Å². The van der Waals surface area contributed by atoms with Crippen LogP contribution in [0.3, 0.4) is 0 Å². The molecule has 6 nitrogen and oxygen atoms in total. The molecule has 0 aliphatic carbocycles. The number of carbonyl (C=O) groups is 2. The van der Waals surface area contributed by atoms with Crippen molar-refractivity contribution < 1.29 is 9.59 Å². The van der Waals surface area contributed by atoms with Gasteiger partial charge in [0.1, 0.15) is 0 Å². The molecule has 72 valence electrons. The lowest BCUT2D eigenvalue weighted by molar-refractivity contribution is -0.123. The summed E-state index contributed by atoms with van der Waals surface area (Å²) in [6, 6.07) is 1.65. The van der Waals surface area contributed by atoms with Crippen molar-refractivity contribution in [3.05, 3.63) is 41.1 Å². The second-order valence-corrected chi connectivity index (χ2v) is 2.27. The van der Waals surface area contributed by atoms with Crippen molar-refractivity contribution in [3.63, 3.8) is 0 Å². The standard InChI is InChI=1S/C4H4N2O.C4H3NO2/c7-4-5-2-1-3-6-4;6-3-1-2-4(7)5-3/h1-3H,(H,5,6,7);1-2H,(H,5,6,7). The van der Waals surface area contributed by atoms with E-state index in [-0.39, 0.29) is 17.5 Å². The molecule has 0 aromatic carbocycles. The van der Waals surface area contributed by atoms with Gasteiger partial charge in [0, 0.05) is 24.5 Å². The minimum atomic E-state index is -0.329. The molecule has 2 rings (SSSR count). The van der Waals surface area contributed by atoms with Gasteiger partial charge in [-0.25, -0.2) is 9.78 Å². The Morgan fingerprint density at radius 2 is 1.71 bits per heavy atom. The average molecular weight is 193 g/mol. The first-order valence-electron chi connectivity index (χ1n) is 3.71. The second kappa shape index (κ2) is 4.70. The maximum absolute atomic E-state index is 10.1. The highest BCUT2D eigenvalue weighted by atomic mass is 16.2. The van der Waals surface area contributed by atoms with Gasteiger partial charge in [-0.05, 0) is 6.07 Å². The summed E-state index contributed by atoms with van der Waals surface area (Å²) in [6.07, 6.45) is 5.37. The van der Waals surface area contributed by atoms with E-state index in [1.165, 1.54) is 24.5 Å². The highest BCUT2D eigenvalue weighted by Gasteiger charge is 2.06. The molecule has 0 unspecified atom stereocenters. The van der Waals surface area contributed by atoms with Crippen LogP contribution in [-0.2, 0) is 9.59 Å². The van der Waals surface area contributed by atoms with E-state index < -0.39 is 0 Å². The Bertz CT molecular complexity index is 388. The quantitative estimate of drug-likeness (QED) is 0.515. The molecule has 2 amide bonds. The summed E-state index contributed by atoms with van der Waals surface area (Å²) >= 11 is 0. The minimum absolute atomic E-state index is 0.303. The Labute approximate surface area is 78.7 Å². The van der Waals surface area contributed by atoms with E-state index in [1.54, 1.807) is 6.07 Å². The lowest BCUT2D eigenvalue weighted by atomic mass is 10.6. The van der Waals surface area contributed by atoms with Gasteiger partial charge >= 0.3 is 5.69 Å². The van der Waals surface area contributed by atoms with Crippen LogP contribution in [0.4, 0.5) is 0 Å². The smallest absolute Gasteiger partial charge is 0.313 e. The zero-order chi connectivity index (χ0) is 10.4. The normalized spacial score (nSPS) is 13.1. The summed E-state index contributed by atoms with van der Waals surface area (Å²) in [5, 5.41) is 2.03. The van der Waals surface area contributed by atoms with E-state index in [2.05, 4.69) is 9.97 Å². The molecular formula is C8H7N3O3. The molecule has 2 N–H and O–H groups in total. The van der Waals surface area contributed by atoms with Gasteiger partial charge in [-0.15, -0.1) is 0 Å². The number of imide groups is 1. The van der Waals surface area contributed by atoms with Crippen LogP contribution in [0.2, 0.25) is 0 Å². The monoisotopic (exact) mass is 193 g/mol. The summed E-state index contributed by atoms with van der Waals surface area (Å²) in [4.78, 5) is 35.9. The third-order valence-electron chi connectivity index (χ3n) is 1.21. The zero-order valence-corrected chi connectivity index (χ0v) is 7.06. The molecule has 0 atom stereocenters. The fourth-order valence-electron chi connectivity index (χ4n) is 0.667. The second-order valence-electron chi connectivity index (χ2n) is 2.27. The molecule has 0 bridgehead atoms. The summed E-state index contributed by atoms with van der Waals surface area (Å²) in [5.41, 5.74) is -0.303. The molecule has 0 spiro atoms. The van der Waals surface area contributed by atoms with Crippen molar-refractivity contribution in [2.45, 2.75) is 0 Å². The van der Waals surface area contributed by atoms with Gasteiger partial charge in [0.25, 0.3) is 11.8 Å². The van der Waals surface area contributed by atoms with Gasteiger partial charge in [0.15, 0.2) is 0 Å². The van der Waals surface area contributed by atoms with E-state index in [0.29, 0.717) is 0 Å². The van der Waals surface area contributed by atoms with E-state index >= 15 is 0 Å². The van der Waals surface area contributed by atoms with Crippen molar-refractivity contribution in [3.8, 4) is 0 Å². The summed E-state index contributed by atoms with van der Waals surface area (Å²) < 4.78 is 0. The molecule has 0 fully saturated rings. The number of nitrogens with one attached hydrogen (secondary N) is 2. The highest BCUT2D eigenvalue weighted by Crippen LogP contribution is 1.82. The van der Waals surface area contributed by atoms with Crippen molar-refractivity contribution in [1.29, 1.82) is 0 Å². The fourth-order valence-corrected chi connectivity index (χ4v) is 0.667. The van der Waals surface area contributed by atoms with Crippen LogP contribution in [0.15, 0.2) is 35.4 Å². The predicted molar refractivity (Wildman–Crippen MR) is 47.1 cm³/mol. The Kier molecular flexibility index (Phi) is 3.31. The molecule has 1 aromatic heterocycles. The maximum Gasteiger partial charge on any atom is 0.344 e. The number of hydrogen-bond donors (Lipinski definition) is 2. The van der Waals surface area contributed by atoms with E-state index in [0.717, 1.165) is 0 Å². The summed E-state index contributed by atoms with van der Waals surface area (Å²) in [6.45, 7) is 0. The van der Waals surface area contributed by atoms with Gasteiger partial charge in [-0.3, -0.25) is 14.9 Å². The number of rotatable bonds is 0. The molecule has 0 radical (unpaired) electrons. The van der Waals surface area contributed by atoms with Crippen molar-refractivity contribution in [2.75, 3.05) is 0 Å². The predicted octanol–water partition coefficient (Wildman–Crippen LogP) is -1.03. The Hall–Kier alpha value is -2.24. The number of aromatic amines is 1. The van der Waals surface area contributed by atoms with Crippen molar-refractivity contribution in [2.24, 2.45) is 0 Å². The molecule has 6 heteroatoms. The SMILES string of the molecule is O=C1C=CC(=O)N1.O=c1nccc[nH]1. The largest absolute Gasteiger partial charge is 0.344 e. The van der Waals surface area contributed by atoms with Crippen LogP contribution >= 0.6 is 0 Å². The maximum atomic E-state index is 10.1. The summed E-state index contributed by atoms with van der Waals surface area (Å²) in [7, 11) is 0. The molecule has 0 saturated carbocycles. The van der Waals surface area contributed by atoms with E-state index in [4.69, 9.17) is 0 Å². The van der Waals surface area contributed by atoms with Crippen LogP contribution in [0.1, 0.15) is 0 Å². The Balaban J connectivity index is 0.000000140. The van der Waals surface area contributed by atoms with Crippen LogP contribution < -0.4 is 11.0 Å². The lowest BCUT2D eigenvalue weighted by Gasteiger charge is -1.80. The molecule has 1 aliphatic rings. The minimum Gasteiger partial charge on any atom is -0.313 e. The first kappa shape index (κ1) is 9.85. The number of hydrogen-bond acceptors (Lipinski definition) is 4. The van der Waals surface area contributed by atoms with Gasteiger partial charge in [0.2, 0.25) is 0 Å². The van der Waals surface area contributed by atoms with Crippen LogP contribution in [0, 0.1) is 0 Å². The highest BCUT2D eigenvalue weighted by molar-refractivity contribution is 6.12.